The predicted molar refractivity (Wildman–Crippen MR) is 73.6 cm³/mol. The van der Waals surface area contributed by atoms with Gasteiger partial charge in [-0.05, 0) is 37.6 Å². The Morgan fingerprint density at radius 2 is 2.00 bits per heavy atom. The maximum absolute atomic E-state index is 5.89. The van der Waals surface area contributed by atoms with Gasteiger partial charge in [0, 0.05) is 29.6 Å². The van der Waals surface area contributed by atoms with Crippen molar-refractivity contribution in [2.24, 2.45) is 5.73 Å². The maximum atomic E-state index is 5.89. The molecule has 0 aliphatic heterocycles. The van der Waals surface area contributed by atoms with E-state index in [-0.39, 0.29) is 6.04 Å². The second kappa shape index (κ2) is 5.19. The zero-order chi connectivity index (χ0) is 13.1. The summed E-state index contributed by atoms with van der Waals surface area (Å²) >= 11 is 0. The summed E-state index contributed by atoms with van der Waals surface area (Å²) in [6.07, 6.45) is 3.64. The number of hydrogen-bond acceptors (Lipinski definition) is 3. The molecule has 0 spiro atoms. The molecule has 0 amide bonds. The van der Waals surface area contributed by atoms with E-state index >= 15 is 0 Å². The summed E-state index contributed by atoms with van der Waals surface area (Å²) in [5.74, 6) is 0.851. The van der Waals surface area contributed by atoms with E-state index < -0.39 is 0 Å². The summed E-state index contributed by atoms with van der Waals surface area (Å²) in [5.41, 5.74) is 10.2. The van der Waals surface area contributed by atoms with Crippen molar-refractivity contribution in [2.75, 3.05) is 7.11 Å². The third-order valence-corrected chi connectivity index (χ3v) is 2.95. The number of ether oxygens (including phenoxy) is 1. The molecule has 1 aromatic heterocycles. The van der Waals surface area contributed by atoms with E-state index in [2.05, 4.69) is 24.0 Å². The molecule has 0 aliphatic carbocycles. The fraction of sp³-hybridized carbons (Fsp3) is 0.267. The van der Waals surface area contributed by atoms with Gasteiger partial charge in [-0.2, -0.15) is 0 Å². The van der Waals surface area contributed by atoms with Gasteiger partial charge in [0.05, 0.1) is 7.11 Å². The Morgan fingerprint density at radius 3 is 2.67 bits per heavy atom. The Hall–Kier alpha value is -1.87. The summed E-state index contributed by atoms with van der Waals surface area (Å²) < 4.78 is 5.40. The third kappa shape index (κ3) is 2.51. The maximum Gasteiger partial charge on any atom is 0.126 e. The Balaban J connectivity index is 2.54. The third-order valence-electron chi connectivity index (χ3n) is 2.95. The molecule has 1 heterocycles. The van der Waals surface area contributed by atoms with Crippen LogP contribution in [0.3, 0.4) is 0 Å². The molecule has 0 saturated carbocycles. The second-order valence-electron chi connectivity index (χ2n) is 4.50. The highest BCUT2D eigenvalue weighted by molar-refractivity contribution is 5.71. The zero-order valence-corrected chi connectivity index (χ0v) is 11.0. The van der Waals surface area contributed by atoms with Gasteiger partial charge in [0.15, 0.2) is 0 Å². The van der Waals surface area contributed by atoms with Crippen molar-refractivity contribution < 1.29 is 4.74 Å². The lowest BCUT2D eigenvalue weighted by molar-refractivity contribution is 0.416. The minimum Gasteiger partial charge on any atom is -0.496 e. The number of aryl methyl sites for hydroxylation is 1. The number of rotatable bonds is 3. The van der Waals surface area contributed by atoms with E-state index in [9.17, 15) is 0 Å². The molecule has 18 heavy (non-hydrogen) atoms. The van der Waals surface area contributed by atoms with Crippen molar-refractivity contribution in [3.8, 4) is 16.9 Å². The van der Waals surface area contributed by atoms with E-state index in [0.717, 1.165) is 22.4 Å². The van der Waals surface area contributed by atoms with E-state index in [4.69, 9.17) is 10.5 Å². The molecule has 3 heteroatoms. The molecule has 0 radical (unpaired) electrons. The van der Waals surface area contributed by atoms with Crippen LogP contribution in [0.5, 0.6) is 5.75 Å². The lowest BCUT2D eigenvalue weighted by atomic mass is 10.0. The minimum atomic E-state index is -0.0201. The number of benzene rings is 1. The van der Waals surface area contributed by atoms with Gasteiger partial charge in [0.25, 0.3) is 0 Å². The first kappa shape index (κ1) is 12.6. The quantitative estimate of drug-likeness (QED) is 0.899. The van der Waals surface area contributed by atoms with Crippen LogP contribution in [0.15, 0.2) is 36.7 Å². The molecule has 2 N–H and O–H groups in total. The van der Waals surface area contributed by atoms with Gasteiger partial charge in [0.2, 0.25) is 0 Å². The van der Waals surface area contributed by atoms with Crippen molar-refractivity contribution in [1.29, 1.82) is 0 Å². The van der Waals surface area contributed by atoms with Crippen LogP contribution in [0, 0.1) is 6.92 Å². The Kier molecular flexibility index (Phi) is 3.63. The van der Waals surface area contributed by atoms with E-state index in [1.165, 1.54) is 5.56 Å². The predicted octanol–water partition coefficient (Wildman–Crippen LogP) is 3.09. The van der Waals surface area contributed by atoms with Crippen LogP contribution in [0.1, 0.15) is 24.1 Å². The standard InChI is InChI=1S/C15H18N2O/c1-10-4-5-15(18-3)14(6-10)13-7-12(11(2)16)8-17-9-13/h4-9,11H,16H2,1-3H3. The molecule has 1 unspecified atom stereocenters. The van der Waals surface area contributed by atoms with E-state index in [1.54, 1.807) is 13.3 Å². The van der Waals surface area contributed by atoms with E-state index in [1.807, 2.05) is 25.3 Å². The SMILES string of the molecule is COc1ccc(C)cc1-c1cncc(C(C)N)c1. The molecule has 0 saturated heterocycles. The highest BCUT2D eigenvalue weighted by Crippen LogP contribution is 2.31. The van der Waals surface area contributed by atoms with Crippen LogP contribution in [0.4, 0.5) is 0 Å². The van der Waals surface area contributed by atoms with Crippen LogP contribution < -0.4 is 10.5 Å². The van der Waals surface area contributed by atoms with Gasteiger partial charge in [-0.25, -0.2) is 0 Å². The molecule has 0 bridgehead atoms. The Morgan fingerprint density at radius 1 is 1.22 bits per heavy atom. The Bertz CT molecular complexity index is 550. The number of nitrogens with two attached hydrogens (primary N) is 1. The number of aromatic nitrogens is 1. The van der Waals surface area contributed by atoms with Crippen LogP contribution in [-0.4, -0.2) is 12.1 Å². The monoisotopic (exact) mass is 242 g/mol. The number of nitrogens with zero attached hydrogens (tertiary/aromatic N) is 1. The van der Waals surface area contributed by atoms with Crippen molar-refractivity contribution in [3.05, 3.63) is 47.8 Å². The molecular formula is C15H18N2O. The normalized spacial score (nSPS) is 12.2. The Labute approximate surface area is 108 Å². The average molecular weight is 242 g/mol. The van der Waals surface area contributed by atoms with Gasteiger partial charge in [-0.15, -0.1) is 0 Å². The molecule has 0 fully saturated rings. The molecule has 2 rings (SSSR count). The van der Waals surface area contributed by atoms with Crippen LogP contribution in [0.25, 0.3) is 11.1 Å². The van der Waals surface area contributed by atoms with Gasteiger partial charge in [-0.3, -0.25) is 4.98 Å². The van der Waals surface area contributed by atoms with E-state index in [0.29, 0.717) is 0 Å². The van der Waals surface area contributed by atoms with Crippen molar-refractivity contribution in [3.63, 3.8) is 0 Å². The zero-order valence-electron chi connectivity index (χ0n) is 11.0. The first-order valence-electron chi connectivity index (χ1n) is 5.97. The van der Waals surface area contributed by atoms with Gasteiger partial charge < -0.3 is 10.5 Å². The summed E-state index contributed by atoms with van der Waals surface area (Å²) in [5, 5.41) is 0. The smallest absolute Gasteiger partial charge is 0.126 e. The molecular weight excluding hydrogens is 224 g/mol. The van der Waals surface area contributed by atoms with Crippen molar-refractivity contribution in [1.82, 2.24) is 4.98 Å². The topological polar surface area (TPSA) is 48.1 Å². The average Bonchev–Trinajstić information content (AvgIpc) is 2.39. The summed E-state index contributed by atoms with van der Waals surface area (Å²) in [7, 11) is 1.68. The largest absolute Gasteiger partial charge is 0.496 e. The van der Waals surface area contributed by atoms with Crippen LogP contribution >= 0.6 is 0 Å². The highest BCUT2D eigenvalue weighted by atomic mass is 16.5. The number of methoxy groups -OCH3 is 1. The summed E-state index contributed by atoms with van der Waals surface area (Å²) in [6.45, 7) is 4.01. The summed E-state index contributed by atoms with van der Waals surface area (Å²) in [4.78, 5) is 4.25. The van der Waals surface area contributed by atoms with Crippen molar-refractivity contribution >= 4 is 0 Å². The molecule has 1 aromatic carbocycles. The number of pyridine rings is 1. The van der Waals surface area contributed by atoms with Crippen LogP contribution in [-0.2, 0) is 0 Å². The lowest BCUT2D eigenvalue weighted by Crippen LogP contribution is -2.05. The van der Waals surface area contributed by atoms with Gasteiger partial charge in [-0.1, -0.05) is 11.6 Å². The molecule has 0 aliphatic rings. The second-order valence-corrected chi connectivity index (χ2v) is 4.50. The van der Waals surface area contributed by atoms with Gasteiger partial charge in [0.1, 0.15) is 5.75 Å². The van der Waals surface area contributed by atoms with Gasteiger partial charge >= 0.3 is 0 Å². The lowest BCUT2D eigenvalue weighted by Gasteiger charge is -2.11. The number of hydrogen-bond donors (Lipinski definition) is 1. The molecule has 1 atom stereocenters. The fourth-order valence-electron chi connectivity index (χ4n) is 1.90. The summed E-state index contributed by atoms with van der Waals surface area (Å²) in [6, 6.07) is 8.15. The van der Waals surface area contributed by atoms with Crippen LogP contribution in [0.2, 0.25) is 0 Å². The molecule has 2 aromatic rings. The van der Waals surface area contributed by atoms with Crippen molar-refractivity contribution in [2.45, 2.75) is 19.9 Å². The first-order valence-corrected chi connectivity index (χ1v) is 5.97. The minimum absolute atomic E-state index is 0.0201. The highest BCUT2D eigenvalue weighted by Gasteiger charge is 2.08. The molecule has 3 nitrogen and oxygen atoms in total. The fourth-order valence-corrected chi connectivity index (χ4v) is 1.90. The first-order chi connectivity index (χ1) is 8.61. The molecule has 94 valence electrons.